The van der Waals surface area contributed by atoms with Gasteiger partial charge < -0.3 is 10.4 Å². The first-order valence-electron chi connectivity index (χ1n) is 4.86. The lowest BCUT2D eigenvalue weighted by atomic mass is 10.2. The largest absolute Gasteiger partial charge is 0.506 e. The highest BCUT2D eigenvalue weighted by molar-refractivity contribution is 6.04. The van der Waals surface area contributed by atoms with Crippen LogP contribution in [0.25, 0.3) is 0 Å². The zero-order valence-electron chi connectivity index (χ0n) is 8.72. The lowest BCUT2D eigenvalue weighted by molar-refractivity contribution is 0.102. The monoisotopic (exact) mass is 232 g/mol. The maximum Gasteiger partial charge on any atom is 0.257 e. The molecule has 1 amide bonds. The molecule has 1 aromatic heterocycles. The van der Waals surface area contributed by atoms with E-state index in [4.69, 9.17) is 0 Å². The number of nitrogens with zero attached hydrogens (tertiary/aromatic N) is 1. The summed E-state index contributed by atoms with van der Waals surface area (Å²) >= 11 is 0. The van der Waals surface area contributed by atoms with Gasteiger partial charge in [-0.3, -0.25) is 9.78 Å². The Morgan fingerprint density at radius 2 is 1.94 bits per heavy atom. The summed E-state index contributed by atoms with van der Waals surface area (Å²) in [5, 5.41) is 11.7. The third-order valence-electron chi connectivity index (χ3n) is 2.09. The number of halogens is 1. The minimum atomic E-state index is -0.417. The molecule has 0 aliphatic rings. The fraction of sp³-hybridized carbons (Fsp3) is 0. The van der Waals surface area contributed by atoms with Crippen LogP contribution in [0.1, 0.15) is 10.4 Å². The molecule has 2 aromatic rings. The van der Waals surface area contributed by atoms with E-state index < -0.39 is 5.91 Å². The number of amides is 1. The Bertz CT molecular complexity index is 540. The minimum Gasteiger partial charge on any atom is -0.506 e. The highest BCUT2D eigenvalue weighted by Crippen LogP contribution is 2.12. The van der Waals surface area contributed by atoms with E-state index in [9.17, 15) is 14.3 Å². The quantitative estimate of drug-likeness (QED) is 0.834. The van der Waals surface area contributed by atoms with Gasteiger partial charge in [-0.1, -0.05) is 0 Å². The van der Waals surface area contributed by atoms with Crippen molar-refractivity contribution in [1.82, 2.24) is 4.98 Å². The van der Waals surface area contributed by atoms with Crippen LogP contribution in [-0.2, 0) is 0 Å². The van der Waals surface area contributed by atoms with E-state index in [0.29, 0.717) is 5.69 Å². The number of benzene rings is 1. The number of anilines is 1. The summed E-state index contributed by atoms with van der Waals surface area (Å²) < 4.78 is 12.6. The molecule has 2 rings (SSSR count). The standard InChI is InChI=1S/C12H9FN2O2/c13-9-1-3-10(4-2-9)15-12(17)8-5-11(16)7-14-6-8/h1-7,16H,(H,15,17). The van der Waals surface area contributed by atoms with Crippen molar-refractivity contribution >= 4 is 11.6 Å². The van der Waals surface area contributed by atoms with Crippen LogP contribution in [0.5, 0.6) is 5.75 Å². The van der Waals surface area contributed by atoms with Gasteiger partial charge in [0.2, 0.25) is 0 Å². The van der Waals surface area contributed by atoms with Crippen molar-refractivity contribution in [2.75, 3.05) is 5.32 Å². The molecule has 4 nitrogen and oxygen atoms in total. The molecule has 0 unspecified atom stereocenters. The van der Waals surface area contributed by atoms with E-state index >= 15 is 0 Å². The third kappa shape index (κ3) is 2.78. The molecule has 0 saturated heterocycles. The highest BCUT2D eigenvalue weighted by atomic mass is 19.1. The number of rotatable bonds is 2. The average Bonchev–Trinajstić information content (AvgIpc) is 2.32. The molecule has 1 aromatic carbocycles. The topological polar surface area (TPSA) is 62.2 Å². The first-order chi connectivity index (χ1) is 8.15. The smallest absolute Gasteiger partial charge is 0.257 e. The van der Waals surface area contributed by atoms with Gasteiger partial charge in [0.1, 0.15) is 11.6 Å². The summed E-state index contributed by atoms with van der Waals surface area (Å²) in [7, 11) is 0. The van der Waals surface area contributed by atoms with Gasteiger partial charge >= 0.3 is 0 Å². The number of carbonyl (C=O) groups excluding carboxylic acids is 1. The Labute approximate surface area is 96.7 Å². The summed E-state index contributed by atoms with van der Waals surface area (Å²) in [5.74, 6) is -0.876. The molecule has 0 saturated carbocycles. The number of aromatic nitrogens is 1. The van der Waals surface area contributed by atoms with Crippen molar-refractivity contribution in [3.63, 3.8) is 0 Å². The zero-order chi connectivity index (χ0) is 12.3. The van der Waals surface area contributed by atoms with Crippen LogP contribution < -0.4 is 5.32 Å². The number of hydrogen-bond donors (Lipinski definition) is 2. The maximum absolute atomic E-state index is 12.6. The van der Waals surface area contributed by atoms with Crippen LogP contribution >= 0.6 is 0 Å². The first-order valence-corrected chi connectivity index (χ1v) is 4.86. The Kier molecular flexibility index (Phi) is 3.00. The fourth-order valence-corrected chi connectivity index (χ4v) is 1.29. The van der Waals surface area contributed by atoms with E-state index in [1.165, 1.54) is 42.7 Å². The number of hydrogen-bond acceptors (Lipinski definition) is 3. The van der Waals surface area contributed by atoms with Gasteiger partial charge in [-0.2, -0.15) is 0 Å². The molecular formula is C12H9FN2O2. The molecule has 0 bridgehead atoms. The lowest BCUT2D eigenvalue weighted by Crippen LogP contribution is -2.11. The summed E-state index contributed by atoms with van der Waals surface area (Å²) in [6, 6.07) is 6.69. The Morgan fingerprint density at radius 3 is 2.59 bits per heavy atom. The van der Waals surface area contributed by atoms with Crippen molar-refractivity contribution in [2.45, 2.75) is 0 Å². The highest BCUT2D eigenvalue weighted by Gasteiger charge is 2.07. The lowest BCUT2D eigenvalue weighted by Gasteiger charge is -2.04. The molecule has 0 atom stereocenters. The maximum atomic E-state index is 12.6. The molecule has 2 N–H and O–H groups in total. The predicted molar refractivity (Wildman–Crippen MR) is 60.3 cm³/mol. The van der Waals surface area contributed by atoms with Crippen LogP contribution in [0.4, 0.5) is 10.1 Å². The summed E-state index contributed by atoms with van der Waals surface area (Å²) in [5.41, 5.74) is 0.703. The van der Waals surface area contributed by atoms with Gasteiger partial charge in [0.15, 0.2) is 0 Å². The number of nitrogens with one attached hydrogen (secondary N) is 1. The first kappa shape index (κ1) is 11.1. The van der Waals surface area contributed by atoms with Crippen LogP contribution in [-0.4, -0.2) is 16.0 Å². The average molecular weight is 232 g/mol. The van der Waals surface area contributed by atoms with Gasteiger partial charge in [-0.05, 0) is 30.3 Å². The Morgan fingerprint density at radius 1 is 1.24 bits per heavy atom. The van der Waals surface area contributed by atoms with E-state index in [2.05, 4.69) is 10.3 Å². The molecule has 0 radical (unpaired) electrons. The zero-order valence-corrected chi connectivity index (χ0v) is 8.72. The van der Waals surface area contributed by atoms with Crippen molar-refractivity contribution in [1.29, 1.82) is 0 Å². The summed E-state index contributed by atoms with van der Waals surface area (Å²) in [6.07, 6.45) is 2.56. The van der Waals surface area contributed by atoms with E-state index in [1.807, 2.05) is 0 Å². The van der Waals surface area contributed by atoms with Gasteiger partial charge in [-0.25, -0.2) is 4.39 Å². The Balaban J connectivity index is 2.14. The second-order valence-corrected chi connectivity index (χ2v) is 3.39. The third-order valence-corrected chi connectivity index (χ3v) is 2.09. The van der Waals surface area contributed by atoms with Gasteiger partial charge in [0, 0.05) is 11.9 Å². The van der Waals surface area contributed by atoms with Gasteiger partial charge in [0.05, 0.1) is 11.8 Å². The Hall–Kier alpha value is -2.43. The second-order valence-electron chi connectivity index (χ2n) is 3.39. The predicted octanol–water partition coefficient (Wildman–Crippen LogP) is 2.18. The van der Waals surface area contributed by atoms with Crippen molar-refractivity contribution in [2.24, 2.45) is 0 Å². The van der Waals surface area contributed by atoms with Crippen molar-refractivity contribution < 1.29 is 14.3 Å². The van der Waals surface area contributed by atoms with Gasteiger partial charge in [0.25, 0.3) is 5.91 Å². The van der Waals surface area contributed by atoms with E-state index in [-0.39, 0.29) is 17.1 Å². The van der Waals surface area contributed by atoms with Crippen LogP contribution in [0.2, 0.25) is 0 Å². The normalized spacial score (nSPS) is 9.94. The molecule has 0 fully saturated rings. The summed E-state index contributed by atoms with van der Waals surface area (Å²) in [4.78, 5) is 15.4. The van der Waals surface area contributed by atoms with Crippen molar-refractivity contribution in [3.05, 3.63) is 54.1 Å². The minimum absolute atomic E-state index is 0.0863. The van der Waals surface area contributed by atoms with Crippen molar-refractivity contribution in [3.8, 4) is 5.75 Å². The molecule has 5 heteroatoms. The van der Waals surface area contributed by atoms with E-state index in [0.717, 1.165) is 0 Å². The molecule has 0 aliphatic carbocycles. The van der Waals surface area contributed by atoms with Gasteiger partial charge in [-0.15, -0.1) is 0 Å². The second kappa shape index (κ2) is 4.61. The number of carbonyl (C=O) groups is 1. The van der Waals surface area contributed by atoms with Crippen LogP contribution in [0.3, 0.4) is 0 Å². The molecule has 1 heterocycles. The molecule has 86 valence electrons. The SMILES string of the molecule is O=C(Nc1ccc(F)cc1)c1cncc(O)c1. The van der Waals surface area contributed by atoms with Crippen LogP contribution in [0.15, 0.2) is 42.7 Å². The summed E-state index contributed by atoms with van der Waals surface area (Å²) in [6.45, 7) is 0. The van der Waals surface area contributed by atoms with Crippen LogP contribution in [0, 0.1) is 5.82 Å². The number of pyridine rings is 1. The molecule has 17 heavy (non-hydrogen) atoms. The molecular weight excluding hydrogens is 223 g/mol. The molecule has 0 aliphatic heterocycles. The fourth-order valence-electron chi connectivity index (χ4n) is 1.29. The molecule has 0 spiro atoms. The van der Waals surface area contributed by atoms with E-state index in [1.54, 1.807) is 0 Å². The number of aromatic hydroxyl groups is 1.